The third kappa shape index (κ3) is 1.39. The average molecular weight is 272 g/mol. The SMILES string of the molecule is Cc1ccc2c(c1I)CCCC2. The van der Waals surface area contributed by atoms with Crippen molar-refractivity contribution in [2.24, 2.45) is 0 Å². The van der Waals surface area contributed by atoms with Crippen LogP contribution >= 0.6 is 22.6 Å². The summed E-state index contributed by atoms with van der Waals surface area (Å²) in [4.78, 5) is 0. The molecule has 0 spiro atoms. The number of hydrogen-bond donors (Lipinski definition) is 0. The summed E-state index contributed by atoms with van der Waals surface area (Å²) in [5.41, 5.74) is 4.66. The first-order valence-electron chi connectivity index (χ1n) is 4.56. The molecule has 0 heterocycles. The van der Waals surface area contributed by atoms with Gasteiger partial charge in [0.25, 0.3) is 0 Å². The van der Waals surface area contributed by atoms with Crippen molar-refractivity contribution in [3.63, 3.8) is 0 Å². The smallest absolute Gasteiger partial charge is 0.0194 e. The molecular weight excluding hydrogens is 259 g/mol. The highest BCUT2D eigenvalue weighted by molar-refractivity contribution is 14.1. The van der Waals surface area contributed by atoms with E-state index in [0.29, 0.717) is 0 Å². The highest BCUT2D eigenvalue weighted by Crippen LogP contribution is 2.27. The van der Waals surface area contributed by atoms with Gasteiger partial charge < -0.3 is 0 Å². The Balaban J connectivity index is 2.54. The van der Waals surface area contributed by atoms with E-state index in [1.54, 1.807) is 11.1 Å². The van der Waals surface area contributed by atoms with Crippen LogP contribution in [0.2, 0.25) is 0 Å². The van der Waals surface area contributed by atoms with Crippen LogP contribution in [0.3, 0.4) is 0 Å². The van der Waals surface area contributed by atoms with Crippen LogP contribution in [-0.4, -0.2) is 0 Å². The highest BCUT2D eigenvalue weighted by atomic mass is 127. The summed E-state index contributed by atoms with van der Waals surface area (Å²) >= 11 is 2.49. The van der Waals surface area contributed by atoms with Gasteiger partial charge in [-0.25, -0.2) is 0 Å². The number of rotatable bonds is 0. The fourth-order valence-electron chi connectivity index (χ4n) is 1.90. The molecule has 0 fully saturated rings. The van der Waals surface area contributed by atoms with E-state index in [1.165, 1.54) is 34.8 Å². The fraction of sp³-hybridized carbons (Fsp3) is 0.455. The standard InChI is InChI=1S/C11H13I/c1-8-6-7-9-4-2-3-5-10(9)11(8)12/h6-7H,2-5H2,1H3. The monoisotopic (exact) mass is 272 g/mol. The lowest BCUT2D eigenvalue weighted by Crippen LogP contribution is -2.05. The minimum atomic E-state index is 1.30. The van der Waals surface area contributed by atoms with Crippen LogP contribution in [0.5, 0.6) is 0 Å². The second-order valence-electron chi connectivity index (χ2n) is 3.54. The topological polar surface area (TPSA) is 0 Å². The first-order valence-corrected chi connectivity index (χ1v) is 5.64. The molecule has 0 saturated carbocycles. The maximum Gasteiger partial charge on any atom is 0.0194 e. The minimum Gasteiger partial charge on any atom is -0.0584 e. The van der Waals surface area contributed by atoms with Crippen LogP contribution in [0.1, 0.15) is 29.5 Å². The zero-order valence-electron chi connectivity index (χ0n) is 7.36. The van der Waals surface area contributed by atoms with Gasteiger partial charge in [0, 0.05) is 3.57 Å². The summed E-state index contributed by atoms with van der Waals surface area (Å²) < 4.78 is 1.50. The molecule has 0 saturated heterocycles. The molecule has 0 bridgehead atoms. The zero-order valence-corrected chi connectivity index (χ0v) is 9.52. The first-order chi connectivity index (χ1) is 5.79. The van der Waals surface area contributed by atoms with Gasteiger partial charge in [-0.1, -0.05) is 12.1 Å². The number of fused-ring (bicyclic) bond motifs is 1. The van der Waals surface area contributed by atoms with E-state index in [-0.39, 0.29) is 0 Å². The van der Waals surface area contributed by atoms with E-state index < -0.39 is 0 Å². The predicted octanol–water partition coefficient (Wildman–Crippen LogP) is 3.48. The van der Waals surface area contributed by atoms with Crippen LogP contribution in [0.4, 0.5) is 0 Å². The molecule has 0 N–H and O–H groups in total. The number of hydrogen-bond acceptors (Lipinski definition) is 0. The molecule has 1 aromatic rings. The van der Waals surface area contributed by atoms with Crippen molar-refractivity contribution >= 4 is 22.6 Å². The van der Waals surface area contributed by atoms with E-state index >= 15 is 0 Å². The minimum absolute atomic E-state index is 1.30. The van der Waals surface area contributed by atoms with Gasteiger partial charge in [0.1, 0.15) is 0 Å². The summed E-state index contributed by atoms with van der Waals surface area (Å²) in [5.74, 6) is 0. The number of benzene rings is 1. The maximum atomic E-state index is 2.49. The van der Waals surface area contributed by atoms with Crippen LogP contribution < -0.4 is 0 Å². The maximum absolute atomic E-state index is 2.49. The van der Waals surface area contributed by atoms with Gasteiger partial charge in [-0.3, -0.25) is 0 Å². The molecule has 0 amide bonds. The van der Waals surface area contributed by atoms with Gasteiger partial charge in [-0.15, -0.1) is 0 Å². The van der Waals surface area contributed by atoms with Crippen LogP contribution in [0.15, 0.2) is 12.1 Å². The molecule has 1 aliphatic carbocycles. The van der Waals surface area contributed by atoms with E-state index in [2.05, 4.69) is 41.6 Å². The Kier molecular flexibility index (Phi) is 2.40. The van der Waals surface area contributed by atoms with E-state index in [0.717, 1.165) is 0 Å². The summed E-state index contributed by atoms with van der Waals surface area (Å²) in [6, 6.07) is 4.57. The second-order valence-corrected chi connectivity index (χ2v) is 4.62. The Labute approximate surface area is 87.5 Å². The highest BCUT2D eigenvalue weighted by Gasteiger charge is 2.12. The van der Waals surface area contributed by atoms with Crippen molar-refractivity contribution in [3.05, 3.63) is 32.4 Å². The van der Waals surface area contributed by atoms with Crippen molar-refractivity contribution in [2.45, 2.75) is 32.6 Å². The van der Waals surface area contributed by atoms with Gasteiger partial charge in [-0.05, 0) is 71.9 Å². The molecule has 0 unspecified atom stereocenters. The molecule has 0 nitrogen and oxygen atoms in total. The Morgan fingerprint density at radius 3 is 2.75 bits per heavy atom. The van der Waals surface area contributed by atoms with Crippen molar-refractivity contribution < 1.29 is 0 Å². The Hall–Kier alpha value is -0.0500. The van der Waals surface area contributed by atoms with E-state index in [4.69, 9.17) is 0 Å². The summed E-state index contributed by atoms with van der Waals surface area (Å²) in [6.45, 7) is 2.21. The van der Waals surface area contributed by atoms with Gasteiger partial charge in [0.05, 0.1) is 0 Å². The lowest BCUT2D eigenvalue weighted by Gasteiger charge is -2.18. The third-order valence-corrected chi connectivity index (χ3v) is 4.16. The second kappa shape index (κ2) is 3.36. The number of aryl methyl sites for hydroxylation is 2. The summed E-state index contributed by atoms with van der Waals surface area (Å²) in [7, 11) is 0. The molecule has 64 valence electrons. The fourth-order valence-corrected chi connectivity index (χ4v) is 2.70. The van der Waals surface area contributed by atoms with E-state index in [9.17, 15) is 0 Å². The molecule has 1 aliphatic rings. The van der Waals surface area contributed by atoms with Gasteiger partial charge in [0.2, 0.25) is 0 Å². The molecule has 0 aliphatic heterocycles. The van der Waals surface area contributed by atoms with Crippen molar-refractivity contribution in [2.75, 3.05) is 0 Å². The van der Waals surface area contributed by atoms with Crippen molar-refractivity contribution in [1.82, 2.24) is 0 Å². The van der Waals surface area contributed by atoms with Gasteiger partial charge >= 0.3 is 0 Å². The molecule has 2 rings (SSSR count). The summed E-state index contributed by atoms with van der Waals surface area (Å²) in [5, 5.41) is 0. The molecule has 1 heteroatoms. The first kappa shape index (κ1) is 8.54. The van der Waals surface area contributed by atoms with Crippen molar-refractivity contribution in [1.29, 1.82) is 0 Å². The molecule has 0 radical (unpaired) electrons. The average Bonchev–Trinajstić information content (AvgIpc) is 2.12. The number of halogens is 1. The Morgan fingerprint density at radius 2 is 1.92 bits per heavy atom. The molecule has 12 heavy (non-hydrogen) atoms. The van der Waals surface area contributed by atoms with Crippen molar-refractivity contribution in [3.8, 4) is 0 Å². The quantitative estimate of drug-likeness (QED) is 0.634. The normalized spacial score (nSPS) is 15.8. The molecule has 1 aromatic carbocycles. The van der Waals surface area contributed by atoms with Gasteiger partial charge in [-0.2, -0.15) is 0 Å². The molecule has 0 aromatic heterocycles. The van der Waals surface area contributed by atoms with E-state index in [1.807, 2.05) is 0 Å². The third-order valence-electron chi connectivity index (χ3n) is 2.66. The largest absolute Gasteiger partial charge is 0.0584 e. The lowest BCUT2D eigenvalue weighted by molar-refractivity contribution is 0.682. The van der Waals surface area contributed by atoms with Crippen LogP contribution in [-0.2, 0) is 12.8 Å². The lowest BCUT2D eigenvalue weighted by atomic mass is 9.91. The van der Waals surface area contributed by atoms with Crippen LogP contribution in [0.25, 0.3) is 0 Å². The molecule has 0 atom stereocenters. The van der Waals surface area contributed by atoms with Gasteiger partial charge in [0.15, 0.2) is 0 Å². The summed E-state index contributed by atoms with van der Waals surface area (Å²) in [6.07, 6.45) is 5.36. The zero-order chi connectivity index (χ0) is 8.55. The van der Waals surface area contributed by atoms with Crippen LogP contribution in [0, 0.1) is 10.5 Å². The Bertz CT molecular complexity index is 302. The Morgan fingerprint density at radius 1 is 1.17 bits per heavy atom. The predicted molar refractivity (Wildman–Crippen MR) is 60.5 cm³/mol. The molecular formula is C11H13I.